The second-order valence-corrected chi connectivity index (χ2v) is 6.23. The molecule has 4 nitrogen and oxygen atoms in total. The minimum Gasteiger partial charge on any atom is -0.307 e. The van der Waals surface area contributed by atoms with E-state index in [1.807, 2.05) is 42.8 Å². The predicted octanol–water partition coefficient (Wildman–Crippen LogP) is 4.26. The van der Waals surface area contributed by atoms with E-state index in [-0.39, 0.29) is 5.91 Å². The van der Waals surface area contributed by atoms with E-state index in [1.54, 1.807) is 6.20 Å². The number of aromatic nitrogens is 2. The van der Waals surface area contributed by atoms with Crippen LogP contribution >= 0.6 is 0 Å². The fraction of sp³-hybridized carbons (Fsp3) is 0.444. The summed E-state index contributed by atoms with van der Waals surface area (Å²) in [5.74, 6) is 0.747. The van der Waals surface area contributed by atoms with Crippen LogP contribution in [0.3, 0.4) is 0 Å². The Bertz CT molecular complexity index is 669. The van der Waals surface area contributed by atoms with E-state index in [2.05, 4.69) is 10.4 Å². The highest BCUT2D eigenvalue weighted by molar-refractivity contribution is 6.04. The summed E-state index contributed by atoms with van der Waals surface area (Å²) < 4.78 is 1.99. The Hall–Kier alpha value is -2.10. The molecule has 1 heterocycles. The third-order valence-corrected chi connectivity index (χ3v) is 4.47. The molecule has 0 spiro atoms. The SMILES string of the molecule is Cc1ccc(C)c(C(=O)Nc2ccnn2C2CCCCC2)c1. The maximum atomic E-state index is 12.6. The smallest absolute Gasteiger partial charge is 0.257 e. The molecule has 0 atom stereocenters. The number of hydrogen-bond donors (Lipinski definition) is 1. The van der Waals surface area contributed by atoms with Gasteiger partial charge >= 0.3 is 0 Å². The number of carbonyl (C=O) groups is 1. The van der Waals surface area contributed by atoms with Crippen LogP contribution in [-0.2, 0) is 0 Å². The van der Waals surface area contributed by atoms with E-state index in [4.69, 9.17) is 0 Å². The van der Waals surface area contributed by atoms with E-state index in [0.29, 0.717) is 6.04 Å². The molecule has 1 fully saturated rings. The molecule has 2 aromatic rings. The van der Waals surface area contributed by atoms with Crippen molar-refractivity contribution < 1.29 is 4.79 Å². The van der Waals surface area contributed by atoms with Crippen molar-refractivity contribution in [3.8, 4) is 0 Å². The van der Waals surface area contributed by atoms with Crippen molar-refractivity contribution in [1.29, 1.82) is 0 Å². The molecule has 3 rings (SSSR count). The number of hydrogen-bond acceptors (Lipinski definition) is 2. The molecule has 22 heavy (non-hydrogen) atoms. The summed E-state index contributed by atoms with van der Waals surface area (Å²) in [6, 6.07) is 8.25. The lowest BCUT2D eigenvalue weighted by molar-refractivity contribution is 0.102. The third kappa shape index (κ3) is 3.06. The molecule has 0 unspecified atom stereocenters. The predicted molar refractivity (Wildman–Crippen MR) is 88.2 cm³/mol. The fourth-order valence-electron chi connectivity index (χ4n) is 3.19. The van der Waals surface area contributed by atoms with E-state index >= 15 is 0 Å². The molecule has 0 saturated heterocycles. The van der Waals surface area contributed by atoms with Crippen LogP contribution in [0.4, 0.5) is 5.82 Å². The summed E-state index contributed by atoms with van der Waals surface area (Å²) in [7, 11) is 0. The number of nitrogens with zero attached hydrogens (tertiary/aromatic N) is 2. The zero-order chi connectivity index (χ0) is 15.5. The highest BCUT2D eigenvalue weighted by Gasteiger charge is 2.19. The Labute approximate surface area is 131 Å². The van der Waals surface area contributed by atoms with E-state index in [1.165, 1.54) is 19.3 Å². The Kier molecular flexibility index (Phi) is 4.27. The van der Waals surface area contributed by atoms with Crippen molar-refractivity contribution in [2.45, 2.75) is 52.0 Å². The van der Waals surface area contributed by atoms with Crippen LogP contribution in [0.15, 0.2) is 30.5 Å². The van der Waals surface area contributed by atoms with Gasteiger partial charge in [0.1, 0.15) is 5.82 Å². The topological polar surface area (TPSA) is 46.9 Å². The van der Waals surface area contributed by atoms with Gasteiger partial charge in [-0.3, -0.25) is 4.79 Å². The second-order valence-electron chi connectivity index (χ2n) is 6.23. The second kappa shape index (κ2) is 6.34. The van der Waals surface area contributed by atoms with Crippen molar-refractivity contribution >= 4 is 11.7 Å². The highest BCUT2D eigenvalue weighted by Crippen LogP contribution is 2.30. The number of rotatable bonds is 3. The number of benzene rings is 1. The summed E-state index contributed by atoms with van der Waals surface area (Å²) >= 11 is 0. The largest absolute Gasteiger partial charge is 0.307 e. The van der Waals surface area contributed by atoms with Crippen molar-refractivity contribution in [2.24, 2.45) is 0 Å². The van der Waals surface area contributed by atoms with Gasteiger partial charge < -0.3 is 5.32 Å². The molecule has 1 saturated carbocycles. The molecule has 1 aliphatic rings. The molecule has 0 aliphatic heterocycles. The summed E-state index contributed by atoms with van der Waals surface area (Å²) in [5.41, 5.74) is 2.82. The van der Waals surface area contributed by atoms with Crippen LogP contribution in [0.1, 0.15) is 59.6 Å². The molecule has 1 aromatic heterocycles. The molecule has 0 radical (unpaired) electrons. The van der Waals surface area contributed by atoms with Crippen LogP contribution in [0.2, 0.25) is 0 Å². The molecule has 116 valence electrons. The Morgan fingerprint density at radius 2 is 1.95 bits per heavy atom. The first kappa shape index (κ1) is 14.8. The number of carbonyl (C=O) groups excluding carboxylic acids is 1. The average molecular weight is 297 g/mol. The first-order valence-electron chi connectivity index (χ1n) is 8.07. The van der Waals surface area contributed by atoms with Crippen LogP contribution in [0, 0.1) is 13.8 Å². The minimum atomic E-state index is -0.0567. The van der Waals surface area contributed by atoms with Gasteiger partial charge in [0.25, 0.3) is 5.91 Å². The normalized spacial score (nSPS) is 15.7. The van der Waals surface area contributed by atoms with Gasteiger partial charge in [-0.05, 0) is 38.3 Å². The average Bonchev–Trinajstić information content (AvgIpc) is 2.98. The van der Waals surface area contributed by atoms with Gasteiger partial charge in [0.2, 0.25) is 0 Å². The summed E-state index contributed by atoms with van der Waals surface area (Å²) in [4.78, 5) is 12.6. The Morgan fingerprint density at radius 3 is 2.73 bits per heavy atom. The molecular weight excluding hydrogens is 274 g/mol. The Balaban J connectivity index is 1.80. The van der Waals surface area contributed by atoms with Gasteiger partial charge in [-0.2, -0.15) is 5.10 Å². The summed E-state index contributed by atoms with van der Waals surface area (Å²) in [6.45, 7) is 3.97. The lowest BCUT2D eigenvalue weighted by Gasteiger charge is -2.24. The monoisotopic (exact) mass is 297 g/mol. The molecule has 1 aliphatic carbocycles. The number of anilines is 1. The van der Waals surface area contributed by atoms with Gasteiger partial charge in [-0.15, -0.1) is 0 Å². The first-order chi connectivity index (χ1) is 10.6. The zero-order valence-corrected chi connectivity index (χ0v) is 13.3. The maximum Gasteiger partial charge on any atom is 0.257 e. The molecule has 4 heteroatoms. The maximum absolute atomic E-state index is 12.6. The van der Waals surface area contributed by atoms with Gasteiger partial charge in [0.05, 0.1) is 12.2 Å². The molecule has 1 aromatic carbocycles. The number of aryl methyl sites for hydroxylation is 2. The van der Waals surface area contributed by atoms with E-state index in [9.17, 15) is 4.79 Å². The van der Waals surface area contributed by atoms with Crippen molar-refractivity contribution in [3.63, 3.8) is 0 Å². The third-order valence-electron chi connectivity index (χ3n) is 4.47. The molecule has 1 amide bonds. The van der Waals surface area contributed by atoms with Crippen LogP contribution < -0.4 is 5.32 Å². The van der Waals surface area contributed by atoms with Gasteiger partial charge in [0, 0.05) is 11.6 Å². The summed E-state index contributed by atoms with van der Waals surface area (Å²) in [5, 5.41) is 7.46. The lowest BCUT2D eigenvalue weighted by atomic mass is 9.96. The minimum absolute atomic E-state index is 0.0567. The van der Waals surface area contributed by atoms with Crippen molar-refractivity contribution in [3.05, 3.63) is 47.2 Å². The van der Waals surface area contributed by atoms with Crippen molar-refractivity contribution in [1.82, 2.24) is 9.78 Å². The van der Waals surface area contributed by atoms with Gasteiger partial charge in [-0.25, -0.2) is 4.68 Å². The number of nitrogens with one attached hydrogen (secondary N) is 1. The van der Waals surface area contributed by atoms with Crippen LogP contribution in [0.25, 0.3) is 0 Å². The highest BCUT2D eigenvalue weighted by atomic mass is 16.1. The van der Waals surface area contributed by atoms with E-state index < -0.39 is 0 Å². The summed E-state index contributed by atoms with van der Waals surface area (Å²) in [6.07, 6.45) is 7.86. The van der Waals surface area contributed by atoms with Crippen molar-refractivity contribution in [2.75, 3.05) is 5.32 Å². The van der Waals surface area contributed by atoms with Gasteiger partial charge in [-0.1, -0.05) is 37.0 Å². The Morgan fingerprint density at radius 1 is 1.18 bits per heavy atom. The first-order valence-corrected chi connectivity index (χ1v) is 8.07. The zero-order valence-electron chi connectivity index (χ0n) is 13.3. The van der Waals surface area contributed by atoms with Crippen LogP contribution in [-0.4, -0.2) is 15.7 Å². The molecule has 1 N–H and O–H groups in total. The lowest BCUT2D eigenvalue weighted by Crippen LogP contribution is -2.20. The van der Waals surface area contributed by atoms with Gasteiger partial charge in [0.15, 0.2) is 0 Å². The standard InChI is InChI=1S/C18H23N3O/c1-13-8-9-14(2)16(12-13)18(22)20-17-10-11-19-21(17)15-6-4-3-5-7-15/h8-12,15H,3-7H2,1-2H3,(H,20,22). The van der Waals surface area contributed by atoms with E-state index in [0.717, 1.165) is 35.3 Å². The molecular formula is C18H23N3O. The quantitative estimate of drug-likeness (QED) is 0.920. The van der Waals surface area contributed by atoms with Crippen LogP contribution in [0.5, 0.6) is 0 Å². The number of amides is 1. The fourth-order valence-corrected chi connectivity index (χ4v) is 3.19. The molecule has 0 bridgehead atoms.